The van der Waals surface area contributed by atoms with Gasteiger partial charge < -0.3 is 14.9 Å². The van der Waals surface area contributed by atoms with E-state index < -0.39 is 5.60 Å². The van der Waals surface area contributed by atoms with Crippen molar-refractivity contribution in [3.8, 4) is 0 Å². The van der Waals surface area contributed by atoms with E-state index in [1.54, 1.807) is 12.1 Å². The standard InChI is InChI=1S/C11H12ClNO3/c12-9-4-2-1-3-8(9)10-13-5-11(6-14,7-15)16-10/h1-4,14-15H,5-7H2. The summed E-state index contributed by atoms with van der Waals surface area (Å²) in [5.41, 5.74) is -0.331. The highest BCUT2D eigenvalue weighted by molar-refractivity contribution is 6.33. The van der Waals surface area contributed by atoms with Gasteiger partial charge in [-0.1, -0.05) is 23.7 Å². The number of hydrogen-bond donors (Lipinski definition) is 2. The molecule has 0 aliphatic carbocycles. The average Bonchev–Trinajstić information content (AvgIpc) is 2.75. The highest BCUT2D eigenvalue weighted by atomic mass is 35.5. The lowest BCUT2D eigenvalue weighted by atomic mass is 10.1. The predicted octanol–water partition coefficient (Wildman–Crippen LogP) is 0.840. The minimum absolute atomic E-state index is 0.237. The first-order chi connectivity index (χ1) is 7.71. The largest absolute Gasteiger partial charge is 0.464 e. The van der Waals surface area contributed by atoms with Crippen molar-refractivity contribution in [2.24, 2.45) is 4.99 Å². The molecular formula is C11H12ClNO3. The van der Waals surface area contributed by atoms with Crippen molar-refractivity contribution in [3.63, 3.8) is 0 Å². The molecule has 86 valence electrons. The van der Waals surface area contributed by atoms with Crippen LogP contribution in [0, 0.1) is 0 Å². The topological polar surface area (TPSA) is 62.0 Å². The van der Waals surface area contributed by atoms with Crippen LogP contribution in [0.25, 0.3) is 0 Å². The molecule has 0 unspecified atom stereocenters. The normalized spacial score (nSPS) is 18.1. The van der Waals surface area contributed by atoms with E-state index >= 15 is 0 Å². The summed E-state index contributed by atoms with van der Waals surface area (Å²) < 4.78 is 5.48. The first kappa shape index (κ1) is 11.4. The van der Waals surface area contributed by atoms with Crippen LogP contribution in [-0.4, -0.2) is 41.5 Å². The summed E-state index contributed by atoms with van der Waals surface area (Å²) in [6, 6.07) is 7.16. The van der Waals surface area contributed by atoms with Crippen molar-refractivity contribution in [2.75, 3.05) is 19.8 Å². The van der Waals surface area contributed by atoms with Gasteiger partial charge in [0, 0.05) is 0 Å². The lowest BCUT2D eigenvalue weighted by molar-refractivity contribution is -0.0211. The van der Waals surface area contributed by atoms with Gasteiger partial charge in [-0.2, -0.15) is 0 Å². The Labute approximate surface area is 98.2 Å². The van der Waals surface area contributed by atoms with Crippen molar-refractivity contribution in [3.05, 3.63) is 34.9 Å². The third-order valence-electron chi connectivity index (χ3n) is 2.50. The van der Waals surface area contributed by atoms with Gasteiger partial charge in [-0.15, -0.1) is 0 Å². The van der Waals surface area contributed by atoms with Crippen LogP contribution in [0.2, 0.25) is 5.02 Å². The Kier molecular flexibility index (Phi) is 3.14. The quantitative estimate of drug-likeness (QED) is 0.825. The molecule has 0 spiro atoms. The zero-order valence-corrected chi connectivity index (χ0v) is 9.31. The molecule has 0 saturated carbocycles. The molecule has 1 aromatic rings. The third kappa shape index (κ3) is 1.91. The molecule has 0 fully saturated rings. The van der Waals surface area contributed by atoms with Gasteiger partial charge in [0.15, 0.2) is 5.60 Å². The van der Waals surface area contributed by atoms with Crippen molar-refractivity contribution in [1.82, 2.24) is 0 Å². The van der Waals surface area contributed by atoms with Gasteiger partial charge in [0.25, 0.3) is 0 Å². The van der Waals surface area contributed by atoms with Crippen molar-refractivity contribution >= 4 is 17.5 Å². The van der Waals surface area contributed by atoms with Crippen LogP contribution < -0.4 is 0 Å². The number of benzene rings is 1. The molecular weight excluding hydrogens is 230 g/mol. The van der Waals surface area contributed by atoms with Crippen LogP contribution >= 0.6 is 11.6 Å². The zero-order chi connectivity index (χ0) is 11.6. The maximum atomic E-state index is 9.16. The van der Waals surface area contributed by atoms with Gasteiger partial charge in [0.2, 0.25) is 5.90 Å². The Hall–Kier alpha value is -1.10. The Balaban J connectivity index is 2.24. The Bertz CT molecular complexity index is 415. The Morgan fingerprint density at radius 2 is 2.00 bits per heavy atom. The van der Waals surface area contributed by atoms with E-state index in [1.165, 1.54) is 0 Å². The minimum Gasteiger partial charge on any atom is -0.464 e. The summed E-state index contributed by atoms with van der Waals surface area (Å²) in [5, 5.41) is 18.9. The van der Waals surface area contributed by atoms with Gasteiger partial charge in [-0.05, 0) is 12.1 Å². The lowest BCUT2D eigenvalue weighted by Crippen LogP contribution is -2.41. The number of halogens is 1. The second-order valence-corrected chi connectivity index (χ2v) is 4.11. The summed E-state index contributed by atoms with van der Waals surface area (Å²) in [7, 11) is 0. The molecule has 0 saturated heterocycles. The molecule has 4 nitrogen and oxygen atoms in total. The minimum atomic E-state index is -1.01. The fraction of sp³-hybridized carbons (Fsp3) is 0.364. The highest BCUT2D eigenvalue weighted by Crippen LogP contribution is 2.25. The molecule has 2 N–H and O–H groups in total. The van der Waals surface area contributed by atoms with Gasteiger partial charge >= 0.3 is 0 Å². The third-order valence-corrected chi connectivity index (χ3v) is 2.83. The number of ether oxygens (including phenoxy) is 1. The summed E-state index contributed by atoms with van der Waals surface area (Å²) >= 11 is 6.00. The summed E-state index contributed by atoms with van der Waals surface area (Å²) in [5.74, 6) is 0.369. The molecule has 0 aromatic heterocycles. The molecule has 0 atom stereocenters. The van der Waals surface area contributed by atoms with Crippen LogP contribution in [-0.2, 0) is 4.74 Å². The van der Waals surface area contributed by atoms with Gasteiger partial charge in [-0.25, -0.2) is 4.99 Å². The first-order valence-electron chi connectivity index (χ1n) is 4.91. The van der Waals surface area contributed by atoms with Crippen LogP contribution in [0.15, 0.2) is 29.3 Å². The van der Waals surface area contributed by atoms with Crippen LogP contribution in [0.4, 0.5) is 0 Å². The molecule has 1 heterocycles. The first-order valence-corrected chi connectivity index (χ1v) is 5.29. The molecule has 2 rings (SSSR count). The second kappa shape index (κ2) is 4.41. The number of aliphatic imine (C=N–C) groups is 1. The number of rotatable bonds is 3. The fourth-order valence-corrected chi connectivity index (χ4v) is 1.69. The second-order valence-electron chi connectivity index (χ2n) is 3.70. The maximum Gasteiger partial charge on any atom is 0.218 e. The number of aliphatic hydroxyl groups excluding tert-OH is 2. The molecule has 0 amide bonds. The van der Waals surface area contributed by atoms with Crippen LogP contribution in [0.3, 0.4) is 0 Å². The SMILES string of the molecule is OCC1(CO)CN=C(c2ccccc2Cl)O1. The number of aliphatic hydroxyl groups is 2. The highest BCUT2D eigenvalue weighted by Gasteiger charge is 2.37. The van der Waals surface area contributed by atoms with Gasteiger partial charge in [0.1, 0.15) is 0 Å². The fourth-order valence-electron chi connectivity index (χ4n) is 1.47. The van der Waals surface area contributed by atoms with E-state index in [9.17, 15) is 0 Å². The Morgan fingerprint density at radius 3 is 2.56 bits per heavy atom. The van der Waals surface area contributed by atoms with Gasteiger partial charge in [0.05, 0.1) is 30.3 Å². The predicted molar refractivity (Wildman–Crippen MR) is 60.8 cm³/mol. The molecule has 1 aliphatic rings. The lowest BCUT2D eigenvalue weighted by Gasteiger charge is -2.23. The van der Waals surface area contributed by atoms with E-state index in [2.05, 4.69) is 4.99 Å². The molecule has 16 heavy (non-hydrogen) atoms. The zero-order valence-electron chi connectivity index (χ0n) is 8.56. The van der Waals surface area contributed by atoms with Crippen LogP contribution in [0.5, 0.6) is 0 Å². The summed E-state index contributed by atoms with van der Waals surface area (Å²) in [6.07, 6.45) is 0. The van der Waals surface area contributed by atoms with Crippen molar-refractivity contribution < 1.29 is 14.9 Å². The average molecular weight is 242 g/mol. The molecule has 5 heteroatoms. The van der Waals surface area contributed by atoms with E-state index in [4.69, 9.17) is 26.6 Å². The van der Waals surface area contributed by atoms with Gasteiger partial charge in [-0.3, -0.25) is 0 Å². The maximum absolute atomic E-state index is 9.16. The smallest absolute Gasteiger partial charge is 0.218 e. The molecule has 1 aromatic carbocycles. The number of hydrogen-bond acceptors (Lipinski definition) is 4. The van der Waals surface area contributed by atoms with Crippen LogP contribution in [0.1, 0.15) is 5.56 Å². The molecule has 1 aliphatic heterocycles. The van der Waals surface area contributed by atoms with E-state index in [0.29, 0.717) is 16.5 Å². The molecule has 0 bridgehead atoms. The Morgan fingerprint density at radius 1 is 1.31 bits per heavy atom. The van der Waals surface area contributed by atoms with E-state index in [1.807, 2.05) is 12.1 Å². The van der Waals surface area contributed by atoms with E-state index in [-0.39, 0.29) is 19.8 Å². The summed E-state index contributed by atoms with van der Waals surface area (Å²) in [4.78, 5) is 4.15. The van der Waals surface area contributed by atoms with E-state index in [0.717, 1.165) is 0 Å². The van der Waals surface area contributed by atoms with Crippen molar-refractivity contribution in [2.45, 2.75) is 5.60 Å². The number of nitrogens with zero attached hydrogens (tertiary/aromatic N) is 1. The summed E-state index contributed by atoms with van der Waals surface area (Å²) in [6.45, 7) is -0.317. The molecule has 0 radical (unpaired) electrons. The monoisotopic (exact) mass is 241 g/mol. The van der Waals surface area contributed by atoms with Crippen molar-refractivity contribution in [1.29, 1.82) is 0 Å².